The molecule has 1 aliphatic heterocycles. The first kappa shape index (κ1) is 9.24. The second-order valence-corrected chi connectivity index (χ2v) is 7.40. The molecule has 4 bridgehead atoms. The van der Waals surface area contributed by atoms with Crippen LogP contribution in [0.5, 0.6) is 0 Å². The third kappa shape index (κ3) is 2.33. The number of nitrogens with one attached hydrogen (secondary N) is 1. The molecule has 1 heterocycles. The molecule has 2 N–H and O–H groups in total. The topological polar surface area (TPSA) is 76.4 Å². The molecule has 5 rings (SSSR count). The zero-order chi connectivity index (χ0) is 20.7. The number of carbonyl (C=O) groups is 1. The van der Waals surface area contributed by atoms with E-state index in [4.69, 9.17) is 8.22 Å². The van der Waals surface area contributed by atoms with Crippen LogP contribution in [-0.2, 0) is 4.79 Å². The van der Waals surface area contributed by atoms with Gasteiger partial charge in [0.15, 0.2) is 0 Å². The second kappa shape index (κ2) is 4.94. The fourth-order valence-corrected chi connectivity index (χ4v) is 5.26. The molecule has 0 radical (unpaired) electrons. The van der Waals surface area contributed by atoms with Crippen LogP contribution in [0.1, 0.15) is 59.5 Å². The SMILES string of the molecule is [2H]C1C([2H])N(C(=O)C([2H])([2H])NC23C[C@@H]4C[C@@H](CC(O)(C4)C2)C3)C([2H])(C#N)C1[2H]. The maximum absolute atomic E-state index is 13.0. The van der Waals surface area contributed by atoms with E-state index in [1.54, 1.807) is 0 Å². The summed E-state index contributed by atoms with van der Waals surface area (Å²) in [7, 11) is 0. The van der Waals surface area contributed by atoms with E-state index in [9.17, 15) is 15.2 Å². The summed E-state index contributed by atoms with van der Waals surface area (Å²) in [5.41, 5.74) is -1.60. The van der Waals surface area contributed by atoms with E-state index >= 15 is 0 Å². The van der Waals surface area contributed by atoms with E-state index in [1.165, 1.54) is 6.07 Å². The molecule has 5 nitrogen and oxygen atoms in total. The number of hydrogen-bond donors (Lipinski definition) is 2. The van der Waals surface area contributed by atoms with Gasteiger partial charge < -0.3 is 15.3 Å². The van der Waals surface area contributed by atoms with Crippen molar-refractivity contribution in [3.63, 3.8) is 0 Å². The van der Waals surface area contributed by atoms with E-state index < -0.39 is 48.9 Å². The van der Waals surface area contributed by atoms with Crippen LogP contribution in [0, 0.1) is 23.2 Å². The van der Waals surface area contributed by atoms with Crippen molar-refractivity contribution < 1.29 is 18.1 Å². The molecule has 4 saturated carbocycles. The number of rotatable bonds is 3. The number of carbonyl (C=O) groups excluding carboxylic acids is 1. The second-order valence-electron chi connectivity index (χ2n) is 7.40. The zero-order valence-electron chi connectivity index (χ0n) is 18.4. The van der Waals surface area contributed by atoms with Gasteiger partial charge in [-0.05, 0) is 63.2 Å². The summed E-state index contributed by atoms with van der Waals surface area (Å²) in [4.78, 5) is 13.5. The smallest absolute Gasteiger partial charge is 0.237 e. The Bertz CT molecular complexity index is 731. The van der Waals surface area contributed by atoms with Crippen LogP contribution in [0.15, 0.2) is 0 Å². The fraction of sp³-hybridized carbons (Fsp3) is 0.882. The van der Waals surface area contributed by atoms with Gasteiger partial charge in [-0.1, -0.05) is 0 Å². The molecule has 4 aliphatic carbocycles. The van der Waals surface area contributed by atoms with E-state index in [1.807, 2.05) is 0 Å². The van der Waals surface area contributed by atoms with Gasteiger partial charge in [-0.2, -0.15) is 5.26 Å². The Morgan fingerprint density at radius 3 is 2.86 bits per heavy atom. The summed E-state index contributed by atoms with van der Waals surface area (Å²) in [6, 6.07) is -0.952. The van der Waals surface area contributed by atoms with Gasteiger partial charge in [0, 0.05) is 16.2 Å². The van der Waals surface area contributed by atoms with Crippen LogP contribution in [0.3, 0.4) is 0 Å². The quantitative estimate of drug-likeness (QED) is 0.820. The maximum atomic E-state index is 13.0. The molecule has 1 saturated heterocycles. The van der Waals surface area contributed by atoms with Crippen molar-refractivity contribution in [2.45, 2.75) is 68.5 Å². The zero-order valence-corrected chi connectivity index (χ0v) is 12.4. The van der Waals surface area contributed by atoms with Gasteiger partial charge in [0.05, 0.1) is 22.3 Å². The molecule has 0 spiro atoms. The molecule has 5 fully saturated rings. The molecule has 1 amide bonds. The first-order valence-corrected chi connectivity index (χ1v) is 7.88. The molecule has 5 aliphatic rings. The number of nitriles is 1. The first-order chi connectivity index (χ1) is 12.8. The molecule has 22 heavy (non-hydrogen) atoms. The van der Waals surface area contributed by atoms with Gasteiger partial charge in [0.1, 0.15) is 6.02 Å². The summed E-state index contributed by atoms with van der Waals surface area (Å²) < 4.78 is 48.6. The third-order valence-corrected chi connectivity index (χ3v) is 5.55. The summed E-state index contributed by atoms with van der Waals surface area (Å²) >= 11 is 0. The van der Waals surface area contributed by atoms with E-state index in [0.29, 0.717) is 37.0 Å². The molecule has 8 atom stereocenters. The number of likely N-dealkylation sites (tertiary alicyclic amines) is 1. The normalized spacial score (nSPS) is 64.0. The minimum atomic E-state index is -2.67. The predicted molar refractivity (Wildman–Crippen MR) is 80.7 cm³/mol. The highest BCUT2D eigenvalue weighted by atomic mass is 16.3. The molecule has 120 valence electrons. The van der Waals surface area contributed by atoms with Crippen molar-refractivity contribution in [1.82, 2.24) is 10.2 Å². The number of hydrogen-bond acceptors (Lipinski definition) is 4. The van der Waals surface area contributed by atoms with Crippen LogP contribution >= 0.6 is 0 Å². The fourth-order valence-electron chi connectivity index (χ4n) is 5.26. The van der Waals surface area contributed by atoms with Crippen LogP contribution in [0.25, 0.3) is 0 Å². The molecular weight excluding hydrogens is 278 g/mol. The highest BCUT2D eigenvalue weighted by Gasteiger charge is 2.57. The van der Waals surface area contributed by atoms with Crippen LogP contribution in [0.4, 0.5) is 0 Å². The number of nitrogens with zero attached hydrogens (tertiary/aromatic N) is 2. The third-order valence-electron chi connectivity index (χ3n) is 5.55. The average Bonchev–Trinajstić information content (AvgIpc) is 2.72. The highest BCUT2D eigenvalue weighted by Crippen LogP contribution is 2.57. The molecular formula is C17H25N3O2. The number of aliphatic hydroxyl groups is 1. The van der Waals surface area contributed by atoms with Crippen molar-refractivity contribution in [2.75, 3.05) is 13.0 Å². The van der Waals surface area contributed by atoms with Gasteiger partial charge in [-0.25, -0.2) is 0 Å². The lowest BCUT2D eigenvalue weighted by atomic mass is 9.51. The van der Waals surface area contributed by atoms with Gasteiger partial charge in [0.2, 0.25) is 5.91 Å². The lowest BCUT2D eigenvalue weighted by Crippen LogP contribution is -2.65. The van der Waals surface area contributed by atoms with Crippen molar-refractivity contribution in [3.05, 3.63) is 0 Å². The van der Waals surface area contributed by atoms with Gasteiger partial charge in [0.25, 0.3) is 0 Å². The average molecular weight is 309 g/mol. The van der Waals surface area contributed by atoms with Crippen molar-refractivity contribution in [1.29, 1.82) is 5.26 Å². The Kier molecular flexibility index (Phi) is 2.07. The summed E-state index contributed by atoms with van der Waals surface area (Å²) in [6.45, 7) is -4.33. The van der Waals surface area contributed by atoms with Gasteiger partial charge in [-0.15, -0.1) is 0 Å². The Hall–Kier alpha value is -1.12. The van der Waals surface area contributed by atoms with Crippen molar-refractivity contribution in [3.8, 4) is 6.07 Å². The Labute approximate surface area is 140 Å². The Morgan fingerprint density at radius 1 is 1.50 bits per heavy atom. The van der Waals surface area contributed by atoms with Crippen LogP contribution < -0.4 is 5.32 Å². The summed E-state index contributed by atoms with van der Waals surface area (Å²) in [5.74, 6) is -0.728. The van der Waals surface area contributed by atoms with Crippen molar-refractivity contribution in [2.24, 2.45) is 11.8 Å². The highest BCUT2D eigenvalue weighted by molar-refractivity contribution is 5.79. The van der Waals surface area contributed by atoms with E-state index in [0.717, 1.165) is 6.42 Å². The predicted octanol–water partition coefficient (Wildman–Crippen LogP) is 1.17. The Morgan fingerprint density at radius 2 is 2.23 bits per heavy atom. The van der Waals surface area contributed by atoms with E-state index in [-0.39, 0.29) is 11.8 Å². The first-order valence-electron chi connectivity index (χ1n) is 11.1. The molecule has 6 unspecified atom stereocenters. The summed E-state index contributed by atoms with van der Waals surface area (Å²) in [5, 5.41) is 23.0. The molecule has 0 aromatic carbocycles. The minimum absolute atomic E-state index is 0.269. The van der Waals surface area contributed by atoms with Crippen LogP contribution in [-0.4, -0.2) is 46.1 Å². The standard InChI is InChI=1S/C17H25N3O2/c18-9-14-2-1-3-20(14)15(21)10-19-16-5-12-4-13(6-16)8-17(22,7-12)11-16/h12-14,19,22H,1-8,10-11H2/t12-,13+,14?,16?,17?/i1D,2D,3D,10D2,14D/t1?,2?,3?,12-,13+,14?,16?,17?. The Balaban J connectivity index is 1.60. The lowest BCUT2D eigenvalue weighted by molar-refractivity contribution is -0.147. The lowest BCUT2D eigenvalue weighted by Gasteiger charge is -2.60. The monoisotopic (exact) mass is 309 g/mol. The van der Waals surface area contributed by atoms with Crippen LogP contribution in [0.2, 0.25) is 0 Å². The van der Waals surface area contributed by atoms with Crippen molar-refractivity contribution >= 4 is 5.91 Å². The van der Waals surface area contributed by atoms with Gasteiger partial charge in [-0.3, -0.25) is 4.79 Å². The molecule has 0 aromatic rings. The van der Waals surface area contributed by atoms with E-state index in [2.05, 4.69) is 5.32 Å². The molecule has 5 heteroatoms. The van der Waals surface area contributed by atoms with Gasteiger partial charge >= 0.3 is 0 Å². The minimum Gasteiger partial charge on any atom is -0.390 e. The summed E-state index contributed by atoms with van der Waals surface area (Å²) in [6.07, 6.45) is 0.888. The molecule has 0 aromatic heterocycles. The number of amides is 1. The largest absolute Gasteiger partial charge is 0.390 e. The maximum Gasteiger partial charge on any atom is 0.237 e.